The average Bonchev–Trinajstić information content (AvgIpc) is 3.26. The van der Waals surface area contributed by atoms with Gasteiger partial charge in [0.05, 0.1) is 11.4 Å². The summed E-state index contributed by atoms with van der Waals surface area (Å²) in [7, 11) is 0. The van der Waals surface area contributed by atoms with Gasteiger partial charge in [0.25, 0.3) is 5.91 Å². The van der Waals surface area contributed by atoms with Crippen molar-refractivity contribution in [3.8, 4) is 5.69 Å². The monoisotopic (exact) mass is 330 g/mol. The minimum absolute atomic E-state index is 0.148. The molecule has 0 bridgehead atoms. The van der Waals surface area contributed by atoms with Crippen molar-refractivity contribution in [1.29, 1.82) is 0 Å². The van der Waals surface area contributed by atoms with Crippen LogP contribution in [0.5, 0.6) is 0 Å². The zero-order chi connectivity index (χ0) is 17.4. The van der Waals surface area contributed by atoms with E-state index in [-0.39, 0.29) is 5.91 Å². The van der Waals surface area contributed by atoms with Crippen molar-refractivity contribution in [2.45, 2.75) is 13.8 Å². The highest BCUT2D eigenvalue weighted by Crippen LogP contribution is 2.20. The van der Waals surface area contributed by atoms with Crippen LogP contribution in [0.25, 0.3) is 11.3 Å². The van der Waals surface area contributed by atoms with Crippen LogP contribution in [0, 0.1) is 13.8 Å². The second kappa shape index (κ2) is 5.94. The SMILES string of the molecule is Cc1nc2c(NC(=O)c3ccc(-n4cccc4)cc3)cccn2c1C. The molecule has 0 fully saturated rings. The van der Waals surface area contributed by atoms with Crippen LogP contribution < -0.4 is 5.32 Å². The fourth-order valence-electron chi connectivity index (χ4n) is 2.88. The van der Waals surface area contributed by atoms with Gasteiger partial charge in [-0.1, -0.05) is 0 Å². The number of anilines is 1. The Morgan fingerprint density at radius 3 is 2.40 bits per heavy atom. The van der Waals surface area contributed by atoms with Crippen molar-refractivity contribution in [3.05, 3.63) is 84.1 Å². The lowest BCUT2D eigenvalue weighted by Crippen LogP contribution is -2.12. The summed E-state index contributed by atoms with van der Waals surface area (Å²) in [5, 5.41) is 2.97. The molecule has 0 aliphatic heterocycles. The van der Waals surface area contributed by atoms with Crippen molar-refractivity contribution < 1.29 is 4.79 Å². The molecule has 1 N–H and O–H groups in total. The number of benzene rings is 1. The number of nitrogens with zero attached hydrogens (tertiary/aromatic N) is 3. The normalized spacial score (nSPS) is 11.0. The highest BCUT2D eigenvalue weighted by molar-refractivity contribution is 6.06. The number of carbonyl (C=O) groups is 1. The zero-order valence-electron chi connectivity index (χ0n) is 14.1. The van der Waals surface area contributed by atoms with Crippen molar-refractivity contribution in [3.63, 3.8) is 0 Å². The van der Waals surface area contributed by atoms with E-state index in [4.69, 9.17) is 0 Å². The molecule has 0 aliphatic rings. The Balaban J connectivity index is 1.61. The lowest BCUT2D eigenvalue weighted by Gasteiger charge is -2.08. The molecule has 0 radical (unpaired) electrons. The fourth-order valence-corrected chi connectivity index (χ4v) is 2.88. The Morgan fingerprint density at radius 2 is 1.68 bits per heavy atom. The standard InChI is InChI=1S/C20H18N4O/c1-14-15(2)24-13-5-6-18(19(24)21-14)22-20(25)16-7-9-17(10-8-16)23-11-3-4-12-23/h3-13H,1-2H3,(H,22,25). The van der Waals surface area contributed by atoms with Crippen molar-refractivity contribution in [2.24, 2.45) is 0 Å². The van der Waals surface area contributed by atoms with Gasteiger partial charge in [-0.2, -0.15) is 0 Å². The van der Waals surface area contributed by atoms with Gasteiger partial charge in [0.1, 0.15) is 0 Å². The smallest absolute Gasteiger partial charge is 0.255 e. The maximum absolute atomic E-state index is 12.6. The van der Waals surface area contributed by atoms with E-state index in [1.165, 1.54) is 0 Å². The first-order valence-electron chi connectivity index (χ1n) is 8.12. The van der Waals surface area contributed by atoms with Crippen molar-refractivity contribution in [1.82, 2.24) is 14.0 Å². The summed E-state index contributed by atoms with van der Waals surface area (Å²) in [4.78, 5) is 17.1. The number of aromatic nitrogens is 3. The summed E-state index contributed by atoms with van der Waals surface area (Å²) in [6.07, 6.45) is 5.89. The third-order valence-corrected chi connectivity index (χ3v) is 4.41. The average molecular weight is 330 g/mol. The van der Waals surface area contributed by atoms with Crippen LogP contribution in [-0.4, -0.2) is 19.9 Å². The highest BCUT2D eigenvalue weighted by atomic mass is 16.1. The maximum atomic E-state index is 12.6. The van der Waals surface area contributed by atoms with Gasteiger partial charge in [0.2, 0.25) is 0 Å². The molecule has 5 nitrogen and oxygen atoms in total. The Labute approximate surface area is 145 Å². The van der Waals surface area contributed by atoms with Gasteiger partial charge >= 0.3 is 0 Å². The number of imidazole rings is 1. The zero-order valence-corrected chi connectivity index (χ0v) is 14.1. The maximum Gasteiger partial charge on any atom is 0.255 e. The van der Waals surface area contributed by atoms with Gasteiger partial charge in [-0.25, -0.2) is 4.98 Å². The molecule has 4 rings (SSSR count). The number of aryl methyl sites for hydroxylation is 2. The van der Waals surface area contributed by atoms with Gasteiger partial charge in [-0.05, 0) is 62.4 Å². The third kappa shape index (κ3) is 2.70. The van der Waals surface area contributed by atoms with E-state index in [2.05, 4.69) is 10.3 Å². The predicted molar refractivity (Wildman–Crippen MR) is 98.4 cm³/mol. The molecule has 0 saturated heterocycles. The molecule has 0 unspecified atom stereocenters. The topological polar surface area (TPSA) is 51.3 Å². The molecule has 4 aromatic rings. The predicted octanol–water partition coefficient (Wildman–Crippen LogP) is 3.99. The van der Waals surface area contributed by atoms with Crippen LogP contribution in [0.4, 0.5) is 5.69 Å². The van der Waals surface area contributed by atoms with Gasteiger partial charge in [-0.15, -0.1) is 0 Å². The largest absolute Gasteiger partial charge is 0.324 e. The fraction of sp³-hybridized carbons (Fsp3) is 0.100. The van der Waals surface area contributed by atoms with Gasteiger partial charge < -0.3 is 14.3 Å². The second-order valence-corrected chi connectivity index (χ2v) is 5.99. The van der Waals surface area contributed by atoms with Gasteiger partial charge in [-0.3, -0.25) is 4.79 Å². The van der Waals surface area contributed by atoms with Crippen molar-refractivity contribution in [2.75, 3.05) is 5.32 Å². The van der Waals surface area contributed by atoms with Crippen LogP contribution >= 0.6 is 0 Å². The third-order valence-electron chi connectivity index (χ3n) is 4.41. The van der Waals surface area contributed by atoms with Crippen LogP contribution in [-0.2, 0) is 0 Å². The Hall–Kier alpha value is -3.34. The van der Waals surface area contributed by atoms with Crippen LogP contribution in [0.1, 0.15) is 21.7 Å². The minimum atomic E-state index is -0.148. The molecule has 5 heteroatoms. The van der Waals surface area contributed by atoms with Crippen molar-refractivity contribution >= 4 is 17.2 Å². The van der Waals surface area contributed by atoms with E-state index in [0.717, 1.165) is 22.7 Å². The summed E-state index contributed by atoms with van der Waals surface area (Å²) in [6, 6.07) is 15.2. The van der Waals surface area contributed by atoms with E-state index in [1.54, 1.807) is 0 Å². The van der Waals surface area contributed by atoms with Crippen LogP contribution in [0.3, 0.4) is 0 Å². The van der Waals surface area contributed by atoms with E-state index >= 15 is 0 Å². The molecular formula is C20H18N4O. The van der Waals surface area contributed by atoms with E-state index in [9.17, 15) is 4.79 Å². The lowest BCUT2D eigenvalue weighted by molar-refractivity contribution is 0.102. The Kier molecular flexibility index (Phi) is 3.61. The minimum Gasteiger partial charge on any atom is -0.324 e. The number of pyridine rings is 1. The molecule has 0 atom stereocenters. The Morgan fingerprint density at radius 1 is 0.960 bits per heavy atom. The molecule has 0 saturated carbocycles. The summed E-state index contributed by atoms with van der Waals surface area (Å²) < 4.78 is 3.98. The molecule has 3 aromatic heterocycles. The number of carbonyl (C=O) groups excluding carboxylic acids is 1. The number of hydrogen-bond acceptors (Lipinski definition) is 2. The molecule has 124 valence electrons. The summed E-state index contributed by atoms with van der Waals surface area (Å²) in [5.74, 6) is -0.148. The summed E-state index contributed by atoms with van der Waals surface area (Å²) in [6.45, 7) is 3.98. The number of hydrogen-bond donors (Lipinski definition) is 1. The lowest BCUT2D eigenvalue weighted by atomic mass is 10.2. The molecule has 0 aliphatic carbocycles. The van der Waals surface area contributed by atoms with Crippen LogP contribution in [0.15, 0.2) is 67.1 Å². The number of rotatable bonds is 3. The molecule has 3 heterocycles. The number of amides is 1. The quantitative estimate of drug-likeness (QED) is 0.617. The molecule has 1 aromatic carbocycles. The number of nitrogens with one attached hydrogen (secondary N) is 1. The molecular weight excluding hydrogens is 312 g/mol. The second-order valence-electron chi connectivity index (χ2n) is 5.99. The van der Waals surface area contributed by atoms with E-state index in [1.807, 2.05) is 89.9 Å². The van der Waals surface area contributed by atoms with Gasteiger partial charge in [0, 0.05) is 35.5 Å². The highest BCUT2D eigenvalue weighted by Gasteiger charge is 2.12. The first kappa shape index (κ1) is 15.2. The summed E-state index contributed by atoms with van der Waals surface area (Å²) in [5.41, 5.74) is 5.12. The van der Waals surface area contributed by atoms with Gasteiger partial charge in [0.15, 0.2) is 5.65 Å². The molecule has 25 heavy (non-hydrogen) atoms. The first-order chi connectivity index (χ1) is 12.1. The summed E-state index contributed by atoms with van der Waals surface area (Å²) >= 11 is 0. The first-order valence-corrected chi connectivity index (χ1v) is 8.12. The number of fused-ring (bicyclic) bond motifs is 1. The van der Waals surface area contributed by atoms with Crippen LogP contribution in [0.2, 0.25) is 0 Å². The van der Waals surface area contributed by atoms with E-state index < -0.39 is 0 Å². The van der Waals surface area contributed by atoms with E-state index in [0.29, 0.717) is 11.3 Å². The molecule has 1 amide bonds. The molecule has 0 spiro atoms. The Bertz CT molecular complexity index is 1040.